The maximum absolute atomic E-state index is 10.1. The van der Waals surface area contributed by atoms with Crippen molar-refractivity contribution in [1.82, 2.24) is 58.1 Å². The second kappa shape index (κ2) is 129. The van der Waals surface area contributed by atoms with Gasteiger partial charge < -0.3 is 101 Å². The summed E-state index contributed by atoms with van der Waals surface area (Å²) in [6.45, 7) is 87.2. The van der Waals surface area contributed by atoms with Crippen LogP contribution in [0.3, 0.4) is 0 Å². The fourth-order valence-electron chi connectivity index (χ4n) is 13.2. The van der Waals surface area contributed by atoms with Crippen molar-refractivity contribution in [2.24, 2.45) is 23.7 Å². The van der Waals surface area contributed by atoms with E-state index in [1.807, 2.05) is 228 Å². The van der Waals surface area contributed by atoms with E-state index in [1.165, 1.54) is 216 Å². The van der Waals surface area contributed by atoms with Crippen LogP contribution in [0.5, 0.6) is 11.5 Å². The number of benzene rings is 2. The predicted octanol–water partition coefficient (Wildman–Crippen LogP) is 21.0. The number of morpholine rings is 1. The Morgan fingerprint density at radius 2 is 0.675 bits per heavy atom. The first kappa shape index (κ1) is 139. The molecule has 0 spiro atoms. The fraction of sp³-hybridized carbons (Fsp3) is 0.874. The van der Waals surface area contributed by atoms with Gasteiger partial charge in [-0.1, -0.05) is 249 Å². The van der Waals surface area contributed by atoms with Crippen molar-refractivity contribution in [3.63, 3.8) is 0 Å². The molecule has 1 amide bonds. The van der Waals surface area contributed by atoms with Crippen LogP contribution >= 0.6 is 23.5 Å². The minimum absolute atomic E-state index is 0.500. The van der Waals surface area contributed by atoms with E-state index in [9.17, 15) is 4.79 Å². The van der Waals surface area contributed by atoms with Gasteiger partial charge in [-0.3, -0.25) is 4.79 Å². The normalized spacial score (nSPS) is 22.1. The van der Waals surface area contributed by atoms with Crippen LogP contribution in [0.25, 0.3) is 0 Å². The highest BCUT2D eigenvalue weighted by atomic mass is 32.2. The number of rotatable bonds is 1. The molecule has 17 aliphatic rings. The van der Waals surface area contributed by atoms with Crippen LogP contribution in [0.1, 0.15) is 313 Å². The molecule has 126 heavy (non-hydrogen) atoms. The van der Waals surface area contributed by atoms with E-state index >= 15 is 0 Å². The molecule has 2 aromatic carbocycles. The third-order valence-corrected chi connectivity index (χ3v) is 21.1. The number of fused-ring (bicyclic) bond motifs is 8. The summed E-state index contributed by atoms with van der Waals surface area (Å²) >= 11 is 3.91. The largest absolute Gasteiger partial charge is 0.486 e. The van der Waals surface area contributed by atoms with Gasteiger partial charge in [0.2, 0.25) is 6.41 Å². The highest BCUT2D eigenvalue weighted by Gasteiger charge is 2.50. The van der Waals surface area contributed by atoms with E-state index in [4.69, 9.17) is 42.6 Å². The molecule has 6 atom stereocenters. The lowest BCUT2D eigenvalue weighted by Crippen LogP contribution is -2.42. The van der Waals surface area contributed by atoms with Gasteiger partial charge in [-0.05, 0) is 183 Å². The van der Waals surface area contributed by atoms with E-state index < -0.39 is 0 Å². The van der Waals surface area contributed by atoms with Crippen molar-refractivity contribution in [3.05, 3.63) is 59.7 Å². The van der Waals surface area contributed by atoms with Crippen molar-refractivity contribution < 1.29 is 47.4 Å². The smallest absolute Gasteiger partial charge is 0.209 e. The van der Waals surface area contributed by atoms with Gasteiger partial charge in [-0.15, -0.1) is 11.8 Å². The molecular weight excluding hydrogens is 1620 g/mol. The zero-order valence-electron chi connectivity index (χ0n) is 88.0. The van der Waals surface area contributed by atoms with Crippen LogP contribution in [0.2, 0.25) is 0 Å². The Kier molecular flexibility index (Phi) is 142. The maximum atomic E-state index is 10.1. The summed E-state index contributed by atoms with van der Waals surface area (Å²) in [5, 5.41) is 32.8. The molecule has 14 saturated heterocycles. The third-order valence-electron chi connectivity index (χ3n) is 19.2. The van der Waals surface area contributed by atoms with Crippen molar-refractivity contribution in [2.45, 2.75) is 327 Å². The predicted molar refractivity (Wildman–Crippen MR) is 560 cm³/mol. The molecule has 10 N–H and O–H groups in total. The van der Waals surface area contributed by atoms with E-state index in [0.717, 1.165) is 192 Å². The lowest BCUT2D eigenvalue weighted by atomic mass is 9.82. The van der Waals surface area contributed by atoms with Crippen LogP contribution in [0.4, 0.5) is 0 Å². The molecule has 1 aliphatic carbocycles. The fourth-order valence-corrected chi connectivity index (χ4v) is 14.6. The summed E-state index contributed by atoms with van der Waals surface area (Å²) in [5.74, 6) is 10.5. The quantitative estimate of drug-likeness (QED) is 0.120. The number of nitrogens with zero attached hydrogens (tertiary/aromatic N) is 1. The average molecular weight is 1840 g/mol. The number of piperazine rings is 2. The zero-order chi connectivity index (χ0) is 95.6. The highest BCUT2D eigenvalue weighted by molar-refractivity contribution is 7.99. The topological polar surface area (TPSA) is 224 Å². The number of para-hydroxylation sites is 2. The van der Waals surface area contributed by atoms with E-state index in [2.05, 4.69) is 77.4 Å². The number of carbonyl (C=O) groups is 1. The molecule has 1 saturated carbocycles. The summed E-state index contributed by atoms with van der Waals surface area (Å²) in [6, 6.07) is 16.3. The second-order valence-electron chi connectivity index (χ2n) is 27.4. The van der Waals surface area contributed by atoms with Gasteiger partial charge >= 0.3 is 0 Å². The van der Waals surface area contributed by atoms with E-state index in [1.54, 1.807) is 4.90 Å². The lowest BCUT2D eigenvalue weighted by Gasteiger charge is -2.22. The Morgan fingerprint density at radius 1 is 0.310 bits per heavy atom. The maximum Gasteiger partial charge on any atom is 0.209 e. The molecule has 2 bridgehead atoms. The molecule has 16 heterocycles. The number of nitrogens with one attached hydrogen (secondary N) is 10. The Hall–Kier alpha value is -2.47. The van der Waals surface area contributed by atoms with Gasteiger partial charge in [-0.2, -0.15) is 11.8 Å². The van der Waals surface area contributed by atoms with Gasteiger partial charge in [0, 0.05) is 155 Å². The van der Waals surface area contributed by atoms with Gasteiger partial charge in [0.15, 0.2) is 11.5 Å². The summed E-state index contributed by atoms with van der Waals surface area (Å²) in [5.41, 5.74) is 2.98. The van der Waals surface area contributed by atoms with E-state index in [-0.39, 0.29) is 0 Å². The molecule has 16 aliphatic heterocycles. The number of thioether (sulfide) groups is 2. The van der Waals surface area contributed by atoms with Crippen LogP contribution < -0.4 is 62.6 Å². The Labute approximate surface area is 792 Å². The SMILES string of the molecule is C1CC2OC1C1CNCC21.C1CCCNCC1.C1CCCOCC1.C1CCNCC1.C1CCOCC1.C1CNCCN1.C1COCCN1.C1COCOC1.C1COCSC1.C1CSCCN1.C1NCC2CC12.CC.CC.CC.CC.CC.CC.CC.CC.CC.CC.CC.CC.CC.O=CN1CCNCC1.c1ccc2c(c1)CCNC2.c1ccc2c(c1)OCCO2. The molecule has 758 valence electrons. The van der Waals surface area contributed by atoms with Crippen molar-refractivity contribution in [1.29, 1.82) is 0 Å². The molecule has 15 fully saturated rings. The number of amides is 1. The first-order valence-electron chi connectivity index (χ1n) is 52.7. The van der Waals surface area contributed by atoms with Crippen LogP contribution in [-0.2, 0) is 50.9 Å². The molecule has 6 unspecified atom stereocenters. The monoisotopic (exact) mass is 1830 g/mol. The van der Waals surface area contributed by atoms with Gasteiger partial charge in [0.1, 0.15) is 20.0 Å². The zero-order valence-corrected chi connectivity index (χ0v) is 89.7. The number of piperidine rings is 2. The van der Waals surface area contributed by atoms with E-state index in [0.29, 0.717) is 32.2 Å². The molecule has 2 aromatic rings. The molecule has 0 radical (unpaired) electrons. The van der Waals surface area contributed by atoms with Crippen LogP contribution in [0.15, 0.2) is 48.5 Å². The summed E-state index contributed by atoms with van der Waals surface area (Å²) in [4.78, 5) is 11.8. The van der Waals surface area contributed by atoms with Gasteiger partial charge in [0.05, 0.1) is 44.6 Å². The summed E-state index contributed by atoms with van der Waals surface area (Å²) in [6.07, 6.45) is 28.9. The van der Waals surface area contributed by atoms with Crippen molar-refractivity contribution in [3.8, 4) is 11.5 Å². The first-order chi connectivity index (χ1) is 62.8. The molecule has 0 aromatic heterocycles. The number of carbonyl (C=O) groups excluding carboxylic acids is 1. The van der Waals surface area contributed by atoms with Crippen LogP contribution in [0, 0.1) is 23.7 Å². The minimum Gasteiger partial charge on any atom is -0.486 e. The third kappa shape index (κ3) is 92.0. The highest BCUT2D eigenvalue weighted by Crippen LogP contribution is 2.45. The number of hydrogen-bond donors (Lipinski definition) is 10. The molecule has 23 heteroatoms. The molecule has 19 rings (SSSR count). The Morgan fingerprint density at radius 3 is 0.960 bits per heavy atom. The standard InChI is InChI=1S/C9H11N.C8H13NO.C8H8O2.C6H13N.C6H12O.C5H10N2O.C5H9N.C5H11N.C5H10O.C4H10N2.C4H9NO.C4H9NS.C4H8O2.C4H8OS.13C2H6/c1-2-4-9-7-10-6-5-8(9)3-1;1-2-8-6-4-9-3-5(6)7(1)10-8;1-2-4-8-7(3-1)9-5-6-10-8;2*1-2-4-6-7-5-3-1;8-5-7-3-1-6-2-4-7;1-4-2-6-3-5(1)4;2*1-2-4-6-5-3-1;1-2-6-4-3-5-1;2*1-3-6-4-2-5-1;2*1-2-5-4-6-3-1;13*1-2/h1-4,10H,5-7H2;5-9H,1-4H2;1-4H,5-6H2;7H,1-6H2;1-6H2;5-6H,1-4H2;4-6H,1-3H2;6H,1-5H2;1-5H2;5-6H,1-4H2;2*5H,1-4H2;2*1-4H2;13*1-2H3. The average Bonchev–Trinajstić information content (AvgIpc) is 1.63. The van der Waals surface area contributed by atoms with Crippen LogP contribution in [-0.4, -0.2) is 264 Å². The van der Waals surface area contributed by atoms with Crippen molar-refractivity contribution >= 4 is 29.9 Å². The number of hydrogen-bond acceptors (Lipinski definition) is 22. The second-order valence-corrected chi connectivity index (χ2v) is 29.7. The van der Waals surface area contributed by atoms with Gasteiger partial charge in [-0.25, -0.2) is 0 Å². The Bertz CT molecular complexity index is 1780. The first-order valence-corrected chi connectivity index (χ1v) is 55.0. The van der Waals surface area contributed by atoms with Crippen molar-refractivity contribution in [2.75, 3.05) is 240 Å². The summed E-state index contributed by atoms with van der Waals surface area (Å²) in [7, 11) is 0. The lowest BCUT2D eigenvalue weighted by molar-refractivity contribution is -0.118. The minimum atomic E-state index is 0.500. The Balaban J connectivity index is -0.000000195. The number of ether oxygens (including phenoxy) is 9. The van der Waals surface area contributed by atoms with Gasteiger partial charge in [0.25, 0.3) is 0 Å². The molecular formula is C103H219N11O10S2. The molecule has 21 nitrogen and oxygen atoms in total. The summed E-state index contributed by atoms with van der Waals surface area (Å²) < 4.78 is 46.4.